The standard InChI is InChI=1S/C24H24N2/c1-18-8-5-6-12-22(18)24-23-13-4-2-3-11-21(23)17-26(24)16-20-10-7-9-19(14-20)15-25/h5-10,12,14,17H,2-4,11,13,16H2,1H3. The number of rotatable bonds is 3. The van der Waals surface area contributed by atoms with E-state index in [1.54, 1.807) is 0 Å². The molecule has 2 heteroatoms. The number of fused-ring (bicyclic) bond motifs is 1. The summed E-state index contributed by atoms with van der Waals surface area (Å²) in [5.74, 6) is 0. The van der Waals surface area contributed by atoms with Crippen molar-refractivity contribution in [2.45, 2.75) is 45.6 Å². The van der Waals surface area contributed by atoms with Gasteiger partial charge in [0.05, 0.1) is 17.3 Å². The van der Waals surface area contributed by atoms with Crippen LogP contribution < -0.4 is 0 Å². The first-order chi connectivity index (χ1) is 12.8. The Morgan fingerprint density at radius 1 is 1.00 bits per heavy atom. The molecule has 0 aliphatic heterocycles. The lowest BCUT2D eigenvalue weighted by molar-refractivity contribution is 0.702. The second-order valence-corrected chi connectivity index (χ2v) is 7.30. The van der Waals surface area contributed by atoms with Crippen LogP contribution in [0.1, 0.15) is 47.1 Å². The van der Waals surface area contributed by atoms with Crippen LogP contribution in [-0.4, -0.2) is 4.57 Å². The van der Waals surface area contributed by atoms with Crippen LogP contribution in [0.15, 0.2) is 54.7 Å². The molecule has 0 unspecified atom stereocenters. The van der Waals surface area contributed by atoms with Gasteiger partial charge in [0.2, 0.25) is 0 Å². The molecule has 2 aromatic carbocycles. The highest BCUT2D eigenvalue weighted by atomic mass is 15.0. The number of hydrogen-bond acceptors (Lipinski definition) is 1. The molecule has 1 aliphatic rings. The largest absolute Gasteiger partial charge is 0.343 e. The van der Waals surface area contributed by atoms with Gasteiger partial charge in [0.15, 0.2) is 0 Å². The Balaban J connectivity index is 1.84. The lowest BCUT2D eigenvalue weighted by Gasteiger charge is -2.14. The van der Waals surface area contributed by atoms with E-state index in [2.05, 4.69) is 54.1 Å². The Bertz CT molecular complexity index is 972. The Labute approximate surface area is 155 Å². The minimum atomic E-state index is 0.730. The van der Waals surface area contributed by atoms with E-state index in [-0.39, 0.29) is 0 Å². The summed E-state index contributed by atoms with van der Waals surface area (Å²) in [6.45, 7) is 3.01. The molecule has 1 heterocycles. The molecule has 0 fully saturated rings. The van der Waals surface area contributed by atoms with E-state index in [0.29, 0.717) is 0 Å². The molecular weight excluding hydrogens is 316 g/mol. The normalized spacial score (nSPS) is 13.7. The van der Waals surface area contributed by atoms with Crippen molar-refractivity contribution in [2.75, 3.05) is 0 Å². The van der Waals surface area contributed by atoms with Crippen LogP contribution >= 0.6 is 0 Å². The molecule has 0 spiro atoms. The van der Waals surface area contributed by atoms with Crippen molar-refractivity contribution < 1.29 is 0 Å². The molecule has 1 aliphatic carbocycles. The maximum atomic E-state index is 9.20. The van der Waals surface area contributed by atoms with Crippen molar-refractivity contribution in [3.63, 3.8) is 0 Å². The number of aromatic nitrogens is 1. The SMILES string of the molecule is Cc1ccccc1-c1c2c(cn1Cc1cccc(C#N)c1)CCCCC2. The summed E-state index contributed by atoms with van der Waals surface area (Å²) >= 11 is 0. The molecule has 1 aromatic heterocycles. The van der Waals surface area contributed by atoms with Crippen molar-refractivity contribution in [2.24, 2.45) is 0 Å². The molecule has 3 aromatic rings. The highest BCUT2D eigenvalue weighted by Crippen LogP contribution is 2.35. The number of aryl methyl sites for hydroxylation is 2. The topological polar surface area (TPSA) is 28.7 Å². The van der Waals surface area contributed by atoms with Gasteiger partial charge in [0.25, 0.3) is 0 Å². The van der Waals surface area contributed by atoms with Crippen molar-refractivity contribution in [3.05, 3.63) is 82.5 Å². The summed E-state index contributed by atoms with van der Waals surface area (Å²) in [5.41, 5.74) is 9.00. The van der Waals surface area contributed by atoms with Crippen LogP contribution in [0.2, 0.25) is 0 Å². The van der Waals surface area contributed by atoms with Gasteiger partial charge in [-0.1, -0.05) is 42.8 Å². The monoisotopic (exact) mass is 340 g/mol. The van der Waals surface area contributed by atoms with Crippen LogP contribution in [0.5, 0.6) is 0 Å². The molecule has 0 amide bonds. The van der Waals surface area contributed by atoms with Gasteiger partial charge in [-0.2, -0.15) is 5.26 Å². The number of benzene rings is 2. The first kappa shape index (κ1) is 16.7. The van der Waals surface area contributed by atoms with Crippen LogP contribution in [0, 0.1) is 18.3 Å². The van der Waals surface area contributed by atoms with E-state index in [4.69, 9.17) is 0 Å². The lowest BCUT2D eigenvalue weighted by atomic mass is 9.98. The minimum absolute atomic E-state index is 0.730. The molecule has 130 valence electrons. The van der Waals surface area contributed by atoms with Gasteiger partial charge >= 0.3 is 0 Å². The highest BCUT2D eigenvalue weighted by Gasteiger charge is 2.20. The first-order valence-corrected chi connectivity index (χ1v) is 9.52. The summed E-state index contributed by atoms with van der Waals surface area (Å²) in [4.78, 5) is 0. The Kier molecular flexibility index (Phi) is 4.63. The average molecular weight is 340 g/mol. The average Bonchev–Trinajstić information content (AvgIpc) is 2.83. The van der Waals surface area contributed by atoms with Gasteiger partial charge in [0, 0.05) is 18.3 Å². The summed E-state index contributed by atoms with van der Waals surface area (Å²) in [6, 6.07) is 18.9. The third kappa shape index (κ3) is 3.18. The van der Waals surface area contributed by atoms with Gasteiger partial charge in [-0.15, -0.1) is 0 Å². The Morgan fingerprint density at radius 3 is 2.69 bits per heavy atom. The zero-order valence-corrected chi connectivity index (χ0v) is 15.3. The van der Waals surface area contributed by atoms with Crippen LogP contribution in [0.3, 0.4) is 0 Å². The molecular formula is C24H24N2. The quantitative estimate of drug-likeness (QED) is 0.566. The third-order valence-electron chi connectivity index (χ3n) is 5.45. The third-order valence-corrected chi connectivity index (χ3v) is 5.45. The number of nitrogens with zero attached hydrogens (tertiary/aromatic N) is 2. The second-order valence-electron chi connectivity index (χ2n) is 7.30. The molecule has 26 heavy (non-hydrogen) atoms. The summed E-state index contributed by atoms with van der Waals surface area (Å²) < 4.78 is 2.41. The van der Waals surface area contributed by atoms with Crippen molar-refractivity contribution in [3.8, 4) is 17.3 Å². The summed E-state index contributed by atoms with van der Waals surface area (Å²) in [6.07, 6.45) is 8.60. The first-order valence-electron chi connectivity index (χ1n) is 9.52. The molecule has 0 bridgehead atoms. The smallest absolute Gasteiger partial charge is 0.0991 e. The second kappa shape index (κ2) is 7.22. The van der Waals surface area contributed by atoms with Gasteiger partial charge in [0.1, 0.15) is 0 Å². The maximum absolute atomic E-state index is 9.20. The zero-order valence-electron chi connectivity index (χ0n) is 15.3. The molecule has 0 saturated heterocycles. The lowest BCUT2D eigenvalue weighted by Crippen LogP contribution is -2.03. The Morgan fingerprint density at radius 2 is 1.85 bits per heavy atom. The van der Waals surface area contributed by atoms with E-state index in [1.807, 2.05) is 18.2 Å². The van der Waals surface area contributed by atoms with E-state index in [0.717, 1.165) is 12.1 Å². The highest BCUT2D eigenvalue weighted by molar-refractivity contribution is 5.70. The number of hydrogen-bond donors (Lipinski definition) is 0. The fraction of sp³-hybridized carbons (Fsp3) is 0.292. The van der Waals surface area contributed by atoms with Crippen LogP contribution in [-0.2, 0) is 19.4 Å². The van der Waals surface area contributed by atoms with E-state index < -0.39 is 0 Å². The number of nitriles is 1. The van der Waals surface area contributed by atoms with Crippen LogP contribution in [0.4, 0.5) is 0 Å². The predicted molar refractivity (Wildman–Crippen MR) is 106 cm³/mol. The molecule has 0 N–H and O–H groups in total. The summed E-state index contributed by atoms with van der Waals surface area (Å²) in [7, 11) is 0. The van der Waals surface area contributed by atoms with Gasteiger partial charge in [-0.25, -0.2) is 0 Å². The van der Waals surface area contributed by atoms with Crippen molar-refractivity contribution in [1.29, 1.82) is 5.26 Å². The van der Waals surface area contributed by atoms with Crippen molar-refractivity contribution >= 4 is 0 Å². The fourth-order valence-electron chi connectivity index (χ4n) is 4.16. The predicted octanol–water partition coefficient (Wildman–Crippen LogP) is 5.65. The molecule has 4 rings (SSSR count). The van der Waals surface area contributed by atoms with E-state index in [9.17, 15) is 5.26 Å². The van der Waals surface area contributed by atoms with Gasteiger partial charge < -0.3 is 4.57 Å². The van der Waals surface area contributed by atoms with E-state index >= 15 is 0 Å². The molecule has 2 nitrogen and oxygen atoms in total. The molecule has 0 saturated carbocycles. The fourth-order valence-corrected chi connectivity index (χ4v) is 4.16. The summed E-state index contributed by atoms with van der Waals surface area (Å²) in [5, 5.41) is 9.20. The van der Waals surface area contributed by atoms with Gasteiger partial charge in [-0.05, 0) is 67.0 Å². The van der Waals surface area contributed by atoms with Crippen molar-refractivity contribution in [1.82, 2.24) is 4.57 Å². The minimum Gasteiger partial charge on any atom is -0.343 e. The van der Waals surface area contributed by atoms with Gasteiger partial charge in [-0.3, -0.25) is 0 Å². The maximum Gasteiger partial charge on any atom is 0.0991 e. The molecule has 0 atom stereocenters. The van der Waals surface area contributed by atoms with E-state index in [1.165, 1.54) is 65.6 Å². The van der Waals surface area contributed by atoms with Crippen LogP contribution in [0.25, 0.3) is 11.3 Å². The molecule has 0 radical (unpaired) electrons. The Hall–Kier alpha value is -2.79. The zero-order chi connectivity index (χ0) is 17.9.